The van der Waals surface area contributed by atoms with Crippen LogP contribution in [0.3, 0.4) is 0 Å². The molecule has 2 aromatic rings. The lowest BCUT2D eigenvalue weighted by Crippen LogP contribution is -2.49. The molecule has 2 N–H and O–H groups in total. The van der Waals surface area contributed by atoms with Gasteiger partial charge in [0.1, 0.15) is 6.04 Å². The summed E-state index contributed by atoms with van der Waals surface area (Å²) in [5.41, 5.74) is 2.66. The van der Waals surface area contributed by atoms with Gasteiger partial charge in [0.05, 0.1) is 0 Å². The van der Waals surface area contributed by atoms with Crippen LogP contribution in [0.1, 0.15) is 35.3 Å². The summed E-state index contributed by atoms with van der Waals surface area (Å²) in [7, 11) is 0. The lowest BCUT2D eigenvalue weighted by Gasteiger charge is -2.22. The van der Waals surface area contributed by atoms with Crippen LogP contribution in [-0.4, -0.2) is 17.9 Å². The first-order valence-corrected chi connectivity index (χ1v) is 8.64. The number of carbonyl (C=O) groups is 2. The first-order chi connectivity index (χ1) is 11.9. The van der Waals surface area contributed by atoms with Gasteiger partial charge in [-0.3, -0.25) is 9.59 Å². The predicted octanol–water partition coefficient (Wildman–Crippen LogP) is 3.72. The van der Waals surface area contributed by atoms with Crippen LogP contribution in [-0.2, 0) is 11.3 Å². The molecule has 0 aliphatic rings. The first kappa shape index (κ1) is 19.0. The molecule has 0 spiro atoms. The van der Waals surface area contributed by atoms with Gasteiger partial charge in [-0.2, -0.15) is 0 Å². The molecule has 0 aromatic heterocycles. The number of aryl methyl sites for hydroxylation is 1. The van der Waals surface area contributed by atoms with E-state index in [2.05, 4.69) is 10.6 Å². The van der Waals surface area contributed by atoms with Crippen LogP contribution in [0.15, 0.2) is 48.5 Å². The van der Waals surface area contributed by atoms with Gasteiger partial charge in [-0.25, -0.2) is 0 Å². The molecule has 0 heterocycles. The van der Waals surface area contributed by atoms with Gasteiger partial charge in [-0.1, -0.05) is 55.3 Å². The molecule has 0 saturated heterocycles. The predicted molar refractivity (Wildman–Crippen MR) is 101 cm³/mol. The van der Waals surface area contributed by atoms with E-state index in [1.165, 1.54) is 5.56 Å². The third kappa shape index (κ3) is 5.61. The van der Waals surface area contributed by atoms with Crippen molar-refractivity contribution < 1.29 is 9.59 Å². The summed E-state index contributed by atoms with van der Waals surface area (Å²) in [5.74, 6) is -0.520. The summed E-state index contributed by atoms with van der Waals surface area (Å²) >= 11 is 5.84. The van der Waals surface area contributed by atoms with Crippen molar-refractivity contribution in [1.82, 2.24) is 10.6 Å². The van der Waals surface area contributed by atoms with Gasteiger partial charge in [0.2, 0.25) is 5.91 Å². The molecule has 0 aliphatic heterocycles. The largest absolute Gasteiger partial charge is 0.350 e. The highest BCUT2D eigenvalue weighted by atomic mass is 35.5. The zero-order valence-electron chi connectivity index (χ0n) is 14.7. The topological polar surface area (TPSA) is 58.2 Å². The Labute approximate surface area is 153 Å². The number of nitrogens with one attached hydrogen (secondary N) is 2. The van der Waals surface area contributed by atoms with E-state index in [0.717, 1.165) is 5.56 Å². The quantitative estimate of drug-likeness (QED) is 0.826. The fourth-order valence-corrected chi connectivity index (χ4v) is 2.49. The number of halogens is 1. The molecule has 5 heteroatoms. The highest BCUT2D eigenvalue weighted by Gasteiger charge is 2.24. The standard InChI is InChI=1S/C20H23ClN2O2/c1-13(2)18(23-19(24)16-8-10-17(21)11-9-16)20(25)22-12-15-6-4-14(3)5-7-15/h4-11,13,18H,12H2,1-3H3,(H,22,25)(H,23,24)/t18-/m0/s1. The van der Waals surface area contributed by atoms with Crippen molar-refractivity contribution in [2.75, 3.05) is 0 Å². The first-order valence-electron chi connectivity index (χ1n) is 8.26. The maximum Gasteiger partial charge on any atom is 0.251 e. The normalized spacial score (nSPS) is 11.9. The Kier molecular flexibility index (Phi) is 6.59. The lowest BCUT2D eigenvalue weighted by molar-refractivity contribution is -0.124. The second-order valence-electron chi connectivity index (χ2n) is 6.41. The number of hydrogen-bond acceptors (Lipinski definition) is 2. The smallest absolute Gasteiger partial charge is 0.251 e. The fraction of sp³-hybridized carbons (Fsp3) is 0.300. The maximum absolute atomic E-state index is 12.5. The van der Waals surface area contributed by atoms with Crippen molar-refractivity contribution in [2.24, 2.45) is 5.92 Å². The van der Waals surface area contributed by atoms with E-state index < -0.39 is 6.04 Å². The molecular formula is C20H23ClN2O2. The average Bonchev–Trinajstić information content (AvgIpc) is 2.59. The van der Waals surface area contributed by atoms with E-state index in [1.54, 1.807) is 24.3 Å². The summed E-state index contributed by atoms with van der Waals surface area (Å²) < 4.78 is 0. The zero-order valence-corrected chi connectivity index (χ0v) is 15.4. The van der Waals surface area contributed by atoms with Crippen molar-refractivity contribution in [3.05, 3.63) is 70.2 Å². The van der Waals surface area contributed by atoms with Crippen LogP contribution in [0, 0.1) is 12.8 Å². The average molecular weight is 359 g/mol. The molecular weight excluding hydrogens is 336 g/mol. The molecule has 0 saturated carbocycles. The lowest BCUT2D eigenvalue weighted by atomic mass is 10.0. The van der Waals surface area contributed by atoms with Crippen LogP contribution in [0.25, 0.3) is 0 Å². The Morgan fingerprint density at radius 3 is 2.16 bits per heavy atom. The van der Waals surface area contributed by atoms with Crippen LogP contribution >= 0.6 is 11.6 Å². The van der Waals surface area contributed by atoms with Gasteiger partial charge in [0.25, 0.3) is 5.91 Å². The molecule has 0 aliphatic carbocycles. The molecule has 0 radical (unpaired) electrons. The van der Waals surface area contributed by atoms with Crippen LogP contribution in [0.4, 0.5) is 0 Å². The molecule has 25 heavy (non-hydrogen) atoms. The van der Waals surface area contributed by atoms with E-state index in [9.17, 15) is 9.59 Å². The van der Waals surface area contributed by atoms with Gasteiger partial charge in [-0.05, 0) is 42.7 Å². The van der Waals surface area contributed by atoms with Crippen molar-refractivity contribution >= 4 is 23.4 Å². The summed E-state index contributed by atoms with van der Waals surface area (Å²) in [6.07, 6.45) is 0. The fourth-order valence-electron chi connectivity index (χ4n) is 2.37. The summed E-state index contributed by atoms with van der Waals surface area (Å²) in [5, 5.41) is 6.26. The van der Waals surface area contributed by atoms with Gasteiger partial charge in [-0.15, -0.1) is 0 Å². The Bertz CT molecular complexity index is 724. The van der Waals surface area contributed by atoms with E-state index >= 15 is 0 Å². The number of carbonyl (C=O) groups excluding carboxylic acids is 2. The second kappa shape index (κ2) is 8.67. The number of rotatable bonds is 6. The highest BCUT2D eigenvalue weighted by Crippen LogP contribution is 2.11. The van der Waals surface area contributed by atoms with Crippen molar-refractivity contribution in [3.8, 4) is 0 Å². The second-order valence-corrected chi connectivity index (χ2v) is 6.84. The Balaban J connectivity index is 1.98. The Hall–Kier alpha value is -2.33. The number of amides is 2. The minimum Gasteiger partial charge on any atom is -0.350 e. The van der Waals surface area contributed by atoms with Crippen molar-refractivity contribution in [1.29, 1.82) is 0 Å². The molecule has 0 bridgehead atoms. The van der Waals surface area contributed by atoms with E-state index in [0.29, 0.717) is 17.1 Å². The summed E-state index contributed by atoms with van der Waals surface area (Å²) in [6.45, 7) is 6.25. The molecule has 2 rings (SSSR count). The van der Waals surface area contributed by atoms with E-state index in [1.807, 2.05) is 45.0 Å². The monoisotopic (exact) mass is 358 g/mol. The van der Waals surface area contributed by atoms with E-state index in [-0.39, 0.29) is 17.7 Å². The third-order valence-corrected chi connectivity index (χ3v) is 4.18. The molecule has 0 unspecified atom stereocenters. The third-order valence-electron chi connectivity index (χ3n) is 3.93. The van der Waals surface area contributed by atoms with Crippen molar-refractivity contribution in [2.45, 2.75) is 33.4 Å². The number of benzene rings is 2. The molecule has 0 fully saturated rings. The highest BCUT2D eigenvalue weighted by molar-refractivity contribution is 6.30. The van der Waals surface area contributed by atoms with Gasteiger partial charge < -0.3 is 10.6 Å². The van der Waals surface area contributed by atoms with Gasteiger partial charge in [0.15, 0.2) is 0 Å². The minimum absolute atomic E-state index is 0.0331. The minimum atomic E-state index is -0.603. The number of hydrogen-bond donors (Lipinski definition) is 2. The SMILES string of the molecule is Cc1ccc(CNC(=O)[C@@H](NC(=O)c2ccc(Cl)cc2)C(C)C)cc1. The summed E-state index contributed by atoms with van der Waals surface area (Å²) in [6, 6.07) is 13.9. The summed E-state index contributed by atoms with van der Waals surface area (Å²) in [4.78, 5) is 24.9. The van der Waals surface area contributed by atoms with Crippen molar-refractivity contribution in [3.63, 3.8) is 0 Å². The molecule has 2 aromatic carbocycles. The molecule has 132 valence electrons. The molecule has 4 nitrogen and oxygen atoms in total. The Morgan fingerprint density at radius 1 is 1.00 bits per heavy atom. The zero-order chi connectivity index (χ0) is 18.4. The Morgan fingerprint density at radius 2 is 1.60 bits per heavy atom. The maximum atomic E-state index is 12.5. The van der Waals surface area contributed by atoms with Gasteiger partial charge in [0, 0.05) is 17.1 Å². The molecule has 1 atom stereocenters. The van der Waals surface area contributed by atoms with Crippen LogP contribution in [0.2, 0.25) is 5.02 Å². The van der Waals surface area contributed by atoms with E-state index in [4.69, 9.17) is 11.6 Å². The van der Waals surface area contributed by atoms with Gasteiger partial charge >= 0.3 is 0 Å². The van der Waals surface area contributed by atoms with Crippen LogP contribution in [0.5, 0.6) is 0 Å². The van der Waals surface area contributed by atoms with Crippen LogP contribution < -0.4 is 10.6 Å². The molecule has 2 amide bonds.